The van der Waals surface area contributed by atoms with Gasteiger partial charge in [-0.1, -0.05) is 0 Å². The van der Waals surface area contributed by atoms with Crippen LogP contribution < -0.4 is 10.1 Å². The normalized spacial score (nSPS) is 10.6. The van der Waals surface area contributed by atoms with Crippen molar-refractivity contribution in [2.75, 3.05) is 6.54 Å². The maximum atomic E-state index is 11.6. The molecule has 0 aliphatic carbocycles. The third kappa shape index (κ3) is 4.22. The zero-order valence-electron chi connectivity index (χ0n) is 12.3. The molecule has 0 bridgehead atoms. The monoisotopic (exact) mass is 316 g/mol. The Kier molecular flexibility index (Phi) is 4.72. The second-order valence-corrected chi connectivity index (χ2v) is 4.83. The Morgan fingerprint density at radius 3 is 3.09 bits per heavy atom. The number of imidazole rings is 1. The first kappa shape index (κ1) is 14.9. The number of unbranched alkanes of at least 4 members (excludes halogenated alkanes) is 1. The summed E-state index contributed by atoms with van der Waals surface area (Å²) >= 11 is 0. The molecule has 120 valence electrons. The largest absolute Gasteiger partial charge is 0.461 e. The highest BCUT2D eigenvalue weighted by Crippen LogP contribution is 2.23. The number of hydrogen-bond donors (Lipinski definition) is 1. The molecule has 0 saturated carbocycles. The Morgan fingerprint density at radius 2 is 2.30 bits per heavy atom. The summed E-state index contributed by atoms with van der Waals surface area (Å²) in [6.07, 6.45) is 8.14. The zero-order valence-corrected chi connectivity index (χ0v) is 12.3. The zero-order chi connectivity index (χ0) is 15.9. The van der Waals surface area contributed by atoms with E-state index in [1.165, 1.54) is 12.3 Å². The van der Waals surface area contributed by atoms with Crippen LogP contribution in [0.15, 0.2) is 52.1 Å². The van der Waals surface area contributed by atoms with Crippen molar-refractivity contribution in [3.05, 3.63) is 43.2 Å². The predicted molar refractivity (Wildman–Crippen MR) is 79.7 cm³/mol. The van der Waals surface area contributed by atoms with E-state index in [-0.39, 0.29) is 5.88 Å². The van der Waals surface area contributed by atoms with E-state index >= 15 is 0 Å². The van der Waals surface area contributed by atoms with E-state index in [2.05, 4.69) is 15.5 Å². The number of furan rings is 1. The maximum absolute atomic E-state index is 11.6. The van der Waals surface area contributed by atoms with Crippen molar-refractivity contribution < 1.29 is 18.5 Å². The van der Waals surface area contributed by atoms with E-state index in [1.54, 1.807) is 24.7 Å². The molecular weight excluding hydrogens is 300 g/mol. The Bertz CT molecular complexity index is 719. The van der Waals surface area contributed by atoms with Crippen LogP contribution in [0.2, 0.25) is 0 Å². The van der Waals surface area contributed by atoms with E-state index in [1.807, 2.05) is 10.8 Å². The van der Waals surface area contributed by atoms with Crippen LogP contribution in [0.3, 0.4) is 0 Å². The summed E-state index contributed by atoms with van der Waals surface area (Å²) in [5, 5.41) is 6.33. The van der Waals surface area contributed by atoms with Gasteiger partial charge in [0.1, 0.15) is 0 Å². The molecule has 0 fully saturated rings. The molecule has 3 aromatic heterocycles. The number of hydrogen-bond acceptors (Lipinski definition) is 6. The van der Waals surface area contributed by atoms with Gasteiger partial charge in [-0.15, -0.1) is 0 Å². The third-order valence-electron chi connectivity index (χ3n) is 3.12. The number of nitrogens with zero attached hydrogens (tertiary/aromatic N) is 3. The Morgan fingerprint density at radius 1 is 1.35 bits per heavy atom. The van der Waals surface area contributed by atoms with Gasteiger partial charge in [-0.3, -0.25) is 0 Å². The average Bonchev–Trinajstić information content (AvgIpc) is 3.29. The summed E-state index contributed by atoms with van der Waals surface area (Å²) < 4.78 is 17.2. The molecule has 1 N–H and O–H groups in total. The topological polar surface area (TPSA) is 95.3 Å². The molecule has 8 nitrogen and oxygen atoms in total. The number of carbonyl (C=O) groups excluding carboxylic acids is 1. The Labute approximate surface area is 132 Å². The number of rotatable bonds is 7. The quantitative estimate of drug-likeness (QED) is 0.673. The van der Waals surface area contributed by atoms with Gasteiger partial charge >= 0.3 is 6.09 Å². The second-order valence-electron chi connectivity index (χ2n) is 4.83. The lowest BCUT2D eigenvalue weighted by Crippen LogP contribution is -2.27. The van der Waals surface area contributed by atoms with Crippen molar-refractivity contribution in [3.8, 4) is 17.4 Å². The standard InChI is InChI=1S/C15H16N4O4/c20-15(17-5-1-2-7-19-8-6-16-11-19)22-14-10-13(23-18-14)12-4-3-9-21-12/h3-4,6,8-11H,1-2,5,7H2,(H,17,20). The van der Waals surface area contributed by atoms with Crippen molar-refractivity contribution in [2.24, 2.45) is 0 Å². The molecule has 0 aliphatic heterocycles. The first-order valence-corrected chi connectivity index (χ1v) is 7.23. The van der Waals surface area contributed by atoms with Gasteiger partial charge in [-0.05, 0) is 30.1 Å². The van der Waals surface area contributed by atoms with E-state index in [9.17, 15) is 4.79 Å². The fourth-order valence-corrected chi connectivity index (χ4v) is 2.00. The number of amides is 1. The minimum atomic E-state index is -0.563. The molecule has 0 aromatic carbocycles. The molecule has 1 amide bonds. The van der Waals surface area contributed by atoms with Crippen LogP contribution in [0.1, 0.15) is 12.8 Å². The molecule has 23 heavy (non-hydrogen) atoms. The summed E-state index contributed by atoms with van der Waals surface area (Å²) in [6, 6.07) is 4.96. The van der Waals surface area contributed by atoms with Gasteiger partial charge in [0.2, 0.25) is 5.76 Å². The fourth-order valence-electron chi connectivity index (χ4n) is 2.00. The number of aromatic nitrogens is 3. The summed E-state index contributed by atoms with van der Waals surface area (Å²) in [5.41, 5.74) is 0. The third-order valence-corrected chi connectivity index (χ3v) is 3.12. The molecule has 3 rings (SSSR count). The highest BCUT2D eigenvalue weighted by Gasteiger charge is 2.12. The first-order valence-electron chi connectivity index (χ1n) is 7.23. The highest BCUT2D eigenvalue weighted by molar-refractivity contribution is 5.70. The summed E-state index contributed by atoms with van der Waals surface area (Å²) in [5.74, 6) is 1.01. The summed E-state index contributed by atoms with van der Waals surface area (Å²) in [4.78, 5) is 15.6. The van der Waals surface area contributed by atoms with Crippen molar-refractivity contribution in [2.45, 2.75) is 19.4 Å². The average molecular weight is 316 g/mol. The fraction of sp³-hybridized carbons (Fsp3) is 0.267. The van der Waals surface area contributed by atoms with Gasteiger partial charge < -0.3 is 23.6 Å². The molecule has 0 saturated heterocycles. The van der Waals surface area contributed by atoms with Crippen LogP contribution in [0.5, 0.6) is 5.88 Å². The molecule has 0 unspecified atom stereocenters. The lowest BCUT2D eigenvalue weighted by molar-refractivity contribution is 0.195. The molecular formula is C15H16N4O4. The van der Waals surface area contributed by atoms with E-state index in [0.717, 1.165) is 19.4 Å². The number of ether oxygens (including phenoxy) is 1. The maximum Gasteiger partial charge on any atom is 0.414 e. The smallest absolute Gasteiger partial charge is 0.414 e. The van der Waals surface area contributed by atoms with Crippen LogP contribution >= 0.6 is 0 Å². The molecule has 0 spiro atoms. The Balaban J connectivity index is 1.36. The predicted octanol–water partition coefficient (Wildman–Crippen LogP) is 2.70. The van der Waals surface area contributed by atoms with Gasteiger partial charge in [-0.25, -0.2) is 9.78 Å². The van der Waals surface area contributed by atoms with Gasteiger partial charge in [0.25, 0.3) is 5.88 Å². The van der Waals surface area contributed by atoms with E-state index in [0.29, 0.717) is 18.1 Å². The van der Waals surface area contributed by atoms with Gasteiger partial charge in [-0.2, -0.15) is 0 Å². The molecule has 3 aromatic rings. The summed E-state index contributed by atoms with van der Waals surface area (Å²) in [7, 11) is 0. The Hall–Kier alpha value is -3.03. The minimum Gasteiger partial charge on any atom is -0.461 e. The summed E-state index contributed by atoms with van der Waals surface area (Å²) in [6.45, 7) is 1.39. The lowest BCUT2D eigenvalue weighted by Gasteiger charge is -2.04. The minimum absolute atomic E-state index is 0.0901. The molecule has 3 heterocycles. The number of nitrogens with one attached hydrogen (secondary N) is 1. The van der Waals surface area contributed by atoms with E-state index < -0.39 is 6.09 Å². The van der Waals surface area contributed by atoms with Crippen molar-refractivity contribution in [1.29, 1.82) is 0 Å². The van der Waals surface area contributed by atoms with Crippen LogP contribution in [-0.4, -0.2) is 27.3 Å². The lowest BCUT2D eigenvalue weighted by atomic mass is 10.3. The number of aryl methyl sites for hydroxylation is 1. The van der Waals surface area contributed by atoms with Crippen LogP contribution in [0.25, 0.3) is 11.5 Å². The van der Waals surface area contributed by atoms with Crippen LogP contribution in [0.4, 0.5) is 4.79 Å². The second kappa shape index (κ2) is 7.30. The molecule has 0 aliphatic rings. The molecule has 0 radical (unpaired) electrons. The van der Waals surface area contributed by atoms with Crippen molar-refractivity contribution in [3.63, 3.8) is 0 Å². The van der Waals surface area contributed by atoms with Gasteiger partial charge in [0.15, 0.2) is 5.76 Å². The van der Waals surface area contributed by atoms with E-state index in [4.69, 9.17) is 13.7 Å². The van der Waals surface area contributed by atoms with Gasteiger partial charge in [0.05, 0.1) is 18.7 Å². The van der Waals surface area contributed by atoms with Gasteiger partial charge in [0, 0.05) is 25.5 Å². The first-order chi connectivity index (χ1) is 11.3. The van der Waals surface area contributed by atoms with Crippen LogP contribution in [-0.2, 0) is 6.54 Å². The number of carbonyl (C=O) groups is 1. The SMILES string of the molecule is O=C(NCCCCn1ccnc1)Oc1cc(-c2ccco2)on1. The highest BCUT2D eigenvalue weighted by atomic mass is 16.6. The van der Waals surface area contributed by atoms with Crippen molar-refractivity contribution >= 4 is 6.09 Å². The van der Waals surface area contributed by atoms with Crippen LogP contribution in [0, 0.1) is 0 Å². The molecule has 8 heteroatoms. The van der Waals surface area contributed by atoms with Crippen molar-refractivity contribution in [1.82, 2.24) is 20.0 Å². The molecule has 0 atom stereocenters.